The Bertz CT molecular complexity index is 591. The minimum Gasteiger partial charge on any atom is -0.382 e. The van der Waals surface area contributed by atoms with Crippen molar-refractivity contribution in [1.82, 2.24) is 15.4 Å². The van der Waals surface area contributed by atoms with Gasteiger partial charge in [-0.05, 0) is 25.8 Å². The summed E-state index contributed by atoms with van der Waals surface area (Å²) in [6.07, 6.45) is 0.835. The number of nitrogens with zero attached hydrogens (tertiary/aromatic N) is 1. The van der Waals surface area contributed by atoms with E-state index in [1.165, 1.54) is 0 Å². The molecule has 7 nitrogen and oxygen atoms in total. The SMILES string of the molecule is CCNC(=NCCCOCC)NCCS(=O)(=O)NCc1ccccc1. The van der Waals surface area contributed by atoms with Crippen molar-refractivity contribution >= 4 is 16.0 Å². The van der Waals surface area contributed by atoms with Crippen molar-refractivity contribution in [3.05, 3.63) is 35.9 Å². The summed E-state index contributed by atoms with van der Waals surface area (Å²) in [6.45, 7) is 7.25. The minimum absolute atomic E-state index is 0.0107. The van der Waals surface area contributed by atoms with Gasteiger partial charge in [-0.25, -0.2) is 13.1 Å². The topological polar surface area (TPSA) is 91.8 Å². The number of nitrogens with one attached hydrogen (secondary N) is 3. The number of hydrogen-bond donors (Lipinski definition) is 3. The second kappa shape index (κ2) is 12.7. The van der Waals surface area contributed by atoms with Crippen molar-refractivity contribution in [1.29, 1.82) is 0 Å². The summed E-state index contributed by atoms with van der Waals surface area (Å²) in [5.74, 6) is 0.612. The van der Waals surface area contributed by atoms with E-state index in [-0.39, 0.29) is 5.75 Å². The van der Waals surface area contributed by atoms with Gasteiger partial charge in [0.2, 0.25) is 10.0 Å². The smallest absolute Gasteiger partial charge is 0.213 e. The van der Waals surface area contributed by atoms with Gasteiger partial charge >= 0.3 is 0 Å². The Balaban J connectivity index is 2.33. The first-order chi connectivity index (χ1) is 12.1. The Morgan fingerprint density at radius 3 is 2.60 bits per heavy atom. The molecule has 8 heteroatoms. The van der Waals surface area contributed by atoms with Crippen LogP contribution >= 0.6 is 0 Å². The van der Waals surface area contributed by atoms with E-state index in [0.717, 1.165) is 18.5 Å². The van der Waals surface area contributed by atoms with E-state index in [0.29, 0.717) is 38.8 Å². The van der Waals surface area contributed by atoms with Gasteiger partial charge in [0, 0.05) is 39.4 Å². The summed E-state index contributed by atoms with van der Waals surface area (Å²) in [6, 6.07) is 9.45. The maximum Gasteiger partial charge on any atom is 0.213 e. The van der Waals surface area contributed by atoms with Crippen molar-refractivity contribution < 1.29 is 13.2 Å². The molecule has 0 saturated carbocycles. The summed E-state index contributed by atoms with van der Waals surface area (Å²) in [5, 5.41) is 6.15. The zero-order valence-corrected chi connectivity index (χ0v) is 15.9. The van der Waals surface area contributed by atoms with Crippen LogP contribution < -0.4 is 15.4 Å². The van der Waals surface area contributed by atoms with Gasteiger partial charge in [0.05, 0.1) is 5.75 Å². The third-order valence-electron chi connectivity index (χ3n) is 3.27. The van der Waals surface area contributed by atoms with Crippen LogP contribution in [0.3, 0.4) is 0 Å². The van der Waals surface area contributed by atoms with Gasteiger partial charge in [0.15, 0.2) is 5.96 Å². The summed E-state index contributed by atoms with van der Waals surface area (Å²) >= 11 is 0. The van der Waals surface area contributed by atoms with Gasteiger partial charge in [-0.3, -0.25) is 4.99 Å². The molecule has 1 rings (SSSR count). The van der Waals surface area contributed by atoms with E-state index in [2.05, 4.69) is 20.3 Å². The second-order valence-corrected chi connectivity index (χ2v) is 7.29. The average molecular weight is 371 g/mol. The van der Waals surface area contributed by atoms with Crippen LogP contribution in [0.25, 0.3) is 0 Å². The lowest BCUT2D eigenvalue weighted by Crippen LogP contribution is -2.41. The highest BCUT2D eigenvalue weighted by Gasteiger charge is 2.10. The van der Waals surface area contributed by atoms with Crippen molar-refractivity contribution in [2.45, 2.75) is 26.8 Å². The highest BCUT2D eigenvalue weighted by atomic mass is 32.2. The number of aliphatic imine (C=N–C) groups is 1. The molecule has 0 aliphatic carbocycles. The molecule has 0 amide bonds. The van der Waals surface area contributed by atoms with Crippen LogP contribution in [-0.2, 0) is 21.3 Å². The molecule has 1 aromatic rings. The van der Waals surface area contributed by atoms with Crippen LogP contribution in [0.5, 0.6) is 0 Å². The predicted octanol–water partition coefficient (Wildman–Crippen LogP) is 1.09. The number of benzene rings is 1. The van der Waals surface area contributed by atoms with Crippen molar-refractivity contribution in [3.8, 4) is 0 Å². The van der Waals surface area contributed by atoms with Crippen LogP contribution in [0.1, 0.15) is 25.8 Å². The Labute approximate surface area is 151 Å². The molecule has 0 spiro atoms. The fourth-order valence-electron chi connectivity index (χ4n) is 2.01. The van der Waals surface area contributed by atoms with E-state index < -0.39 is 10.0 Å². The molecule has 3 N–H and O–H groups in total. The molecule has 0 saturated heterocycles. The number of guanidine groups is 1. The van der Waals surface area contributed by atoms with Gasteiger partial charge in [-0.1, -0.05) is 30.3 Å². The van der Waals surface area contributed by atoms with Crippen molar-refractivity contribution in [3.63, 3.8) is 0 Å². The largest absolute Gasteiger partial charge is 0.382 e. The molecule has 0 fully saturated rings. The van der Waals surface area contributed by atoms with Crippen LogP contribution in [0.4, 0.5) is 0 Å². The molecule has 0 aromatic heterocycles. The van der Waals surface area contributed by atoms with E-state index in [9.17, 15) is 8.42 Å². The summed E-state index contributed by atoms with van der Waals surface area (Å²) < 4.78 is 32.0. The predicted molar refractivity (Wildman–Crippen MR) is 102 cm³/mol. The lowest BCUT2D eigenvalue weighted by Gasteiger charge is -2.12. The molecule has 0 radical (unpaired) electrons. The van der Waals surface area contributed by atoms with Crippen LogP contribution in [0.2, 0.25) is 0 Å². The average Bonchev–Trinajstić information content (AvgIpc) is 2.60. The third kappa shape index (κ3) is 10.8. The quantitative estimate of drug-likeness (QED) is 0.291. The summed E-state index contributed by atoms with van der Waals surface area (Å²) in [5.41, 5.74) is 0.934. The zero-order valence-electron chi connectivity index (χ0n) is 15.1. The van der Waals surface area contributed by atoms with Gasteiger partial charge in [-0.2, -0.15) is 0 Å². The molecule has 0 unspecified atom stereocenters. The lowest BCUT2D eigenvalue weighted by molar-refractivity contribution is 0.146. The zero-order chi connectivity index (χ0) is 18.4. The fourth-order valence-corrected chi connectivity index (χ4v) is 2.91. The van der Waals surface area contributed by atoms with Gasteiger partial charge in [0.25, 0.3) is 0 Å². The minimum atomic E-state index is -3.34. The maximum atomic E-state index is 12.0. The first kappa shape index (κ1) is 21.4. The van der Waals surface area contributed by atoms with Crippen molar-refractivity contribution in [2.24, 2.45) is 4.99 Å². The standard InChI is InChI=1S/C17H30N4O3S/c1-3-18-17(19-11-8-13-24-4-2)20-12-14-25(22,23)21-15-16-9-6-5-7-10-16/h5-7,9-10,21H,3-4,8,11-15H2,1-2H3,(H2,18,19,20). The Morgan fingerprint density at radius 2 is 1.92 bits per heavy atom. The number of rotatable bonds is 12. The van der Waals surface area contributed by atoms with E-state index in [1.807, 2.05) is 44.2 Å². The van der Waals surface area contributed by atoms with Crippen LogP contribution in [-0.4, -0.2) is 53.0 Å². The van der Waals surface area contributed by atoms with E-state index in [4.69, 9.17) is 4.74 Å². The number of ether oxygens (including phenoxy) is 1. The van der Waals surface area contributed by atoms with Gasteiger partial charge < -0.3 is 15.4 Å². The van der Waals surface area contributed by atoms with Gasteiger partial charge in [-0.15, -0.1) is 0 Å². The van der Waals surface area contributed by atoms with Gasteiger partial charge in [0.1, 0.15) is 0 Å². The number of hydrogen-bond acceptors (Lipinski definition) is 4. The molecule has 0 heterocycles. The first-order valence-electron chi connectivity index (χ1n) is 8.68. The third-order valence-corrected chi connectivity index (χ3v) is 4.59. The highest BCUT2D eigenvalue weighted by molar-refractivity contribution is 7.89. The summed E-state index contributed by atoms with van der Waals surface area (Å²) in [4.78, 5) is 4.40. The van der Waals surface area contributed by atoms with Crippen molar-refractivity contribution in [2.75, 3.05) is 38.6 Å². The Hall–Kier alpha value is -1.64. The normalized spacial score (nSPS) is 12.2. The van der Waals surface area contributed by atoms with E-state index in [1.54, 1.807) is 0 Å². The molecule has 0 aliphatic heterocycles. The lowest BCUT2D eigenvalue weighted by atomic mass is 10.2. The fraction of sp³-hybridized carbons (Fsp3) is 0.588. The Kier molecular flexibility index (Phi) is 10.9. The molecular weight excluding hydrogens is 340 g/mol. The molecule has 0 atom stereocenters. The molecule has 25 heavy (non-hydrogen) atoms. The van der Waals surface area contributed by atoms with Crippen LogP contribution in [0, 0.1) is 0 Å². The Morgan fingerprint density at radius 1 is 1.16 bits per heavy atom. The maximum absolute atomic E-state index is 12.0. The second-order valence-electron chi connectivity index (χ2n) is 5.36. The molecule has 0 aliphatic rings. The molecule has 142 valence electrons. The monoisotopic (exact) mass is 370 g/mol. The highest BCUT2D eigenvalue weighted by Crippen LogP contribution is 1.98. The molecular formula is C17H30N4O3S. The first-order valence-corrected chi connectivity index (χ1v) is 10.3. The number of sulfonamides is 1. The molecule has 1 aromatic carbocycles. The van der Waals surface area contributed by atoms with Crippen LogP contribution in [0.15, 0.2) is 35.3 Å². The van der Waals surface area contributed by atoms with E-state index >= 15 is 0 Å². The summed E-state index contributed by atoms with van der Waals surface area (Å²) in [7, 11) is -3.34. The molecule has 0 bridgehead atoms.